The summed E-state index contributed by atoms with van der Waals surface area (Å²) in [4.78, 5) is 19.5. The van der Waals surface area contributed by atoms with Crippen molar-refractivity contribution in [3.63, 3.8) is 0 Å². The fraction of sp³-hybridized carbons (Fsp3) is 0.429. The first-order chi connectivity index (χ1) is 9.24. The van der Waals surface area contributed by atoms with Crippen molar-refractivity contribution in [2.24, 2.45) is 0 Å². The van der Waals surface area contributed by atoms with Crippen LogP contribution < -0.4 is 11.3 Å². The van der Waals surface area contributed by atoms with E-state index in [-0.39, 0.29) is 5.56 Å². The fourth-order valence-electron chi connectivity index (χ4n) is 2.58. The van der Waals surface area contributed by atoms with Crippen LogP contribution in [0.15, 0.2) is 28.2 Å². The number of nitrogens with zero attached hydrogens (tertiary/aromatic N) is 1. The highest BCUT2D eigenvalue weighted by atomic mass is 32.2. The van der Waals surface area contributed by atoms with Crippen LogP contribution in [0.25, 0.3) is 10.9 Å². The molecule has 0 bridgehead atoms. The molecule has 1 aliphatic rings. The molecule has 19 heavy (non-hydrogen) atoms. The summed E-state index contributed by atoms with van der Waals surface area (Å²) in [5, 5.41) is 1.21. The third-order valence-corrected chi connectivity index (χ3v) is 5.03. The van der Waals surface area contributed by atoms with Gasteiger partial charge in [0.05, 0.1) is 17.2 Å². The summed E-state index contributed by atoms with van der Waals surface area (Å²) in [6, 6.07) is 3.69. The minimum absolute atomic E-state index is 0.133. The molecular formula is C14H17N3OS. The molecule has 0 saturated heterocycles. The monoisotopic (exact) mass is 275 g/mol. The van der Waals surface area contributed by atoms with Gasteiger partial charge in [0.25, 0.3) is 5.56 Å². The van der Waals surface area contributed by atoms with Gasteiger partial charge in [-0.05, 0) is 25.0 Å². The molecular weight excluding hydrogens is 258 g/mol. The number of aromatic amines is 1. The smallest absolute Gasteiger partial charge is 0.258 e. The Labute approximate surface area is 115 Å². The molecule has 1 fully saturated rings. The largest absolute Gasteiger partial charge is 0.398 e. The zero-order valence-corrected chi connectivity index (χ0v) is 11.5. The van der Waals surface area contributed by atoms with E-state index in [1.54, 1.807) is 6.07 Å². The first-order valence-electron chi connectivity index (χ1n) is 6.67. The van der Waals surface area contributed by atoms with Crippen LogP contribution >= 0.6 is 11.8 Å². The Balaban J connectivity index is 1.95. The van der Waals surface area contributed by atoms with Crippen molar-refractivity contribution in [3.05, 3.63) is 28.8 Å². The molecule has 1 heterocycles. The summed E-state index contributed by atoms with van der Waals surface area (Å²) in [7, 11) is 0. The Morgan fingerprint density at radius 3 is 2.84 bits per heavy atom. The van der Waals surface area contributed by atoms with Gasteiger partial charge in [-0.2, -0.15) is 0 Å². The van der Waals surface area contributed by atoms with Crippen LogP contribution in [0, 0.1) is 0 Å². The molecule has 0 atom stereocenters. The molecule has 1 aromatic carbocycles. The molecule has 1 saturated carbocycles. The maximum Gasteiger partial charge on any atom is 0.258 e. The highest BCUT2D eigenvalue weighted by molar-refractivity contribution is 8.00. The van der Waals surface area contributed by atoms with Crippen molar-refractivity contribution >= 4 is 28.4 Å². The Kier molecular flexibility index (Phi) is 3.46. The molecule has 1 aliphatic carbocycles. The number of H-pyrrole nitrogens is 1. The van der Waals surface area contributed by atoms with Crippen molar-refractivity contribution < 1.29 is 0 Å². The van der Waals surface area contributed by atoms with Gasteiger partial charge < -0.3 is 10.7 Å². The van der Waals surface area contributed by atoms with Crippen LogP contribution in [0.3, 0.4) is 0 Å². The van der Waals surface area contributed by atoms with Gasteiger partial charge in [-0.15, -0.1) is 11.8 Å². The van der Waals surface area contributed by atoms with Crippen molar-refractivity contribution in [2.45, 2.75) is 42.2 Å². The average Bonchev–Trinajstić information content (AvgIpc) is 2.42. The normalized spacial score (nSPS) is 16.8. The predicted molar refractivity (Wildman–Crippen MR) is 79.5 cm³/mol. The number of thioether (sulfide) groups is 1. The lowest BCUT2D eigenvalue weighted by molar-refractivity contribution is 0.516. The number of aromatic nitrogens is 2. The third kappa shape index (κ3) is 2.61. The van der Waals surface area contributed by atoms with Gasteiger partial charge in [0, 0.05) is 15.8 Å². The van der Waals surface area contributed by atoms with E-state index < -0.39 is 0 Å². The Bertz CT molecular complexity index is 647. The Morgan fingerprint density at radius 1 is 1.26 bits per heavy atom. The summed E-state index contributed by atoms with van der Waals surface area (Å²) < 4.78 is 0. The number of hydrogen-bond acceptors (Lipinski definition) is 4. The van der Waals surface area contributed by atoms with Crippen LogP contribution in [0.1, 0.15) is 32.1 Å². The van der Waals surface area contributed by atoms with Gasteiger partial charge in [0.1, 0.15) is 0 Å². The van der Waals surface area contributed by atoms with E-state index in [9.17, 15) is 4.79 Å². The minimum Gasteiger partial charge on any atom is -0.398 e. The molecule has 3 rings (SSSR count). The van der Waals surface area contributed by atoms with E-state index >= 15 is 0 Å². The van der Waals surface area contributed by atoms with Gasteiger partial charge in [-0.1, -0.05) is 19.3 Å². The zero-order chi connectivity index (χ0) is 13.2. The average molecular weight is 275 g/mol. The molecule has 1 aromatic heterocycles. The summed E-state index contributed by atoms with van der Waals surface area (Å²) >= 11 is 1.83. The number of benzene rings is 1. The lowest BCUT2D eigenvalue weighted by Crippen LogP contribution is -2.09. The predicted octanol–water partition coefficient (Wildman–Crippen LogP) is 2.93. The SMILES string of the molecule is Nc1cc2c(=O)[nH]cnc2cc1SC1CCCCC1. The molecule has 0 radical (unpaired) electrons. The van der Waals surface area contributed by atoms with Crippen LogP contribution in [0.5, 0.6) is 0 Å². The number of fused-ring (bicyclic) bond motifs is 1. The molecule has 0 spiro atoms. The number of rotatable bonds is 2. The quantitative estimate of drug-likeness (QED) is 0.827. The van der Waals surface area contributed by atoms with Crippen LogP contribution in [-0.2, 0) is 0 Å². The van der Waals surface area contributed by atoms with E-state index in [1.807, 2.05) is 17.8 Å². The van der Waals surface area contributed by atoms with E-state index in [0.717, 1.165) is 10.4 Å². The number of anilines is 1. The van der Waals surface area contributed by atoms with Gasteiger partial charge in [-0.3, -0.25) is 4.79 Å². The molecule has 5 heteroatoms. The molecule has 0 amide bonds. The molecule has 100 valence electrons. The van der Waals surface area contributed by atoms with Gasteiger partial charge in [0.2, 0.25) is 0 Å². The lowest BCUT2D eigenvalue weighted by atomic mass is 10.0. The lowest BCUT2D eigenvalue weighted by Gasteiger charge is -2.21. The second kappa shape index (κ2) is 5.25. The second-order valence-electron chi connectivity index (χ2n) is 5.02. The fourth-order valence-corrected chi connectivity index (χ4v) is 3.88. The highest BCUT2D eigenvalue weighted by Crippen LogP contribution is 2.37. The van der Waals surface area contributed by atoms with Crippen molar-refractivity contribution in [3.8, 4) is 0 Å². The van der Waals surface area contributed by atoms with Crippen molar-refractivity contribution in [1.82, 2.24) is 9.97 Å². The number of nitrogens with two attached hydrogens (primary N) is 1. The van der Waals surface area contributed by atoms with Crippen LogP contribution in [0.2, 0.25) is 0 Å². The van der Waals surface area contributed by atoms with Crippen LogP contribution in [-0.4, -0.2) is 15.2 Å². The molecule has 0 unspecified atom stereocenters. The Morgan fingerprint density at radius 2 is 2.05 bits per heavy atom. The van der Waals surface area contributed by atoms with Crippen LogP contribution in [0.4, 0.5) is 5.69 Å². The van der Waals surface area contributed by atoms with Gasteiger partial charge in [0.15, 0.2) is 0 Å². The third-order valence-electron chi connectivity index (χ3n) is 3.62. The van der Waals surface area contributed by atoms with Crippen molar-refractivity contribution in [2.75, 3.05) is 5.73 Å². The van der Waals surface area contributed by atoms with Crippen molar-refractivity contribution in [1.29, 1.82) is 0 Å². The van der Waals surface area contributed by atoms with Gasteiger partial charge >= 0.3 is 0 Å². The number of nitrogen functional groups attached to an aromatic ring is 1. The second-order valence-corrected chi connectivity index (χ2v) is 6.36. The number of nitrogens with one attached hydrogen (secondary N) is 1. The molecule has 2 aromatic rings. The first-order valence-corrected chi connectivity index (χ1v) is 7.55. The first kappa shape index (κ1) is 12.5. The summed E-state index contributed by atoms with van der Waals surface area (Å²) in [5.74, 6) is 0. The minimum atomic E-state index is -0.133. The zero-order valence-electron chi connectivity index (χ0n) is 10.7. The molecule has 3 N–H and O–H groups in total. The maximum absolute atomic E-state index is 11.7. The summed E-state index contributed by atoms with van der Waals surface area (Å²) in [6.07, 6.45) is 7.92. The highest BCUT2D eigenvalue weighted by Gasteiger charge is 2.16. The Hall–Kier alpha value is -1.49. The van der Waals surface area contributed by atoms with E-state index in [0.29, 0.717) is 16.3 Å². The summed E-state index contributed by atoms with van der Waals surface area (Å²) in [5.41, 5.74) is 7.34. The van der Waals surface area contributed by atoms with E-state index in [4.69, 9.17) is 5.73 Å². The standard InChI is InChI=1S/C14H17N3OS/c15-11-6-10-12(16-8-17-14(10)18)7-13(11)19-9-4-2-1-3-5-9/h6-9H,1-5,15H2,(H,16,17,18). The van der Waals surface area contributed by atoms with Gasteiger partial charge in [-0.25, -0.2) is 4.98 Å². The number of hydrogen-bond donors (Lipinski definition) is 2. The topological polar surface area (TPSA) is 71.8 Å². The maximum atomic E-state index is 11.7. The van der Waals surface area contributed by atoms with E-state index in [2.05, 4.69) is 9.97 Å². The summed E-state index contributed by atoms with van der Waals surface area (Å²) in [6.45, 7) is 0. The molecule has 0 aliphatic heterocycles. The molecule has 4 nitrogen and oxygen atoms in total. The van der Waals surface area contributed by atoms with E-state index in [1.165, 1.54) is 38.4 Å².